The van der Waals surface area contributed by atoms with Gasteiger partial charge in [0.2, 0.25) is 5.76 Å². The average Bonchev–Trinajstić information content (AvgIpc) is 2.46. The number of ether oxygens (including phenoxy) is 1. The van der Waals surface area contributed by atoms with Gasteiger partial charge >= 0.3 is 5.97 Å². The van der Waals surface area contributed by atoms with Gasteiger partial charge in [-0.15, -0.1) is 0 Å². The van der Waals surface area contributed by atoms with Crippen LogP contribution >= 0.6 is 11.6 Å². The van der Waals surface area contributed by atoms with Crippen LogP contribution in [-0.4, -0.2) is 37.0 Å². The highest BCUT2D eigenvalue weighted by molar-refractivity contribution is 6.31. The summed E-state index contributed by atoms with van der Waals surface area (Å²) in [6, 6.07) is 5.51. The number of carbonyl (C=O) groups excluding carboxylic acids is 2. The quantitative estimate of drug-likeness (QED) is 0.808. The first-order valence-corrected chi connectivity index (χ1v) is 6.83. The second kappa shape index (κ2) is 6.19. The summed E-state index contributed by atoms with van der Waals surface area (Å²) >= 11 is 5.81. The number of fused-ring (bicyclic) bond motifs is 1. The standard InChI is InChI=1S/C15H14ClNO5/c1-8(14(19)17(2)3)21-15(20)13-7-11(18)10-6-9(16)4-5-12(10)22-13/h4-8H,1-3H3/t8-/m1/s1. The topological polar surface area (TPSA) is 76.8 Å². The molecule has 1 amide bonds. The third-order valence-electron chi connectivity index (χ3n) is 2.96. The highest BCUT2D eigenvalue weighted by Crippen LogP contribution is 2.18. The van der Waals surface area contributed by atoms with Crippen molar-refractivity contribution in [2.45, 2.75) is 13.0 Å². The van der Waals surface area contributed by atoms with Crippen molar-refractivity contribution in [3.8, 4) is 0 Å². The van der Waals surface area contributed by atoms with E-state index in [1.54, 1.807) is 20.2 Å². The lowest BCUT2D eigenvalue weighted by Crippen LogP contribution is -2.35. The third kappa shape index (κ3) is 3.28. The number of halogens is 1. The number of carbonyl (C=O) groups is 2. The van der Waals surface area contributed by atoms with Crippen LogP contribution in [0.4, 0.5) is 0 Å². The lowest BCUT2D eigenvalue weighted by molar-refractivity contribution is -0.137. The molecule has 6 nitrogen and oxygen atoms in total. The molecule has 1 atom stereocenters. The van der Waals surface area contributed by atoms with Gasteiger partial charge in [-0.1, -0.05) is 11.6 Å². The van der Waals surface area contributed by atoms with Crippen LogP contribution in [0.25, 0.3) is 11.0 Å². The van der Waals surface area contributed by atoms with Crippen molar-refractivity contribution in [1.82, 2.24) is 4.90 Å². The molecule has 0 aliphatic carbocycles. The van der Waals surface area contributed by atoms with Crippen molar-refractivity contribution >= 4 is 34.4 Å². The molecule has 0 unspecified atom stereocenters. The third-order valence-corrected chi connectivity index (χ3v) is 3.20. The number of nitrogens with zero attached hydrogens (tertiary/aromatic N) is 1. The van der Waals surface area contributed by atoms with Gasteiger partial charge < -0.3 is 14.1 Å². The Bertz CT molecular complexity index is 796. The van der Waals surface area contributed by atoms with Gasteiger partial charge in [0, 0.05) is 25.2 Å². The lowest BCUT2D eigenvalue weighted by atomic mass is 10.2. The maximum Gasteiger partial charge on any atom is 0.375 e. The van der Waals surface area contributed by atoms with Crippen LogP contribution in [0.1, 0.15) is 17.5 Å². The van der Waals surface area contributed by atoms with E-state index in [0.717, 1.165) is 6.07 Å². The molecule has 7 heteroatoms. The highest BCUT2D eigenvalue weighted by Gasteiger charge is 2.22. The fourth-order valence-corrected chi connectivity index (χ4v) is 2.03. The molecule has 1 aromatic heterocycles. The van der Waals surface area contributed by atoms with Gasteiger partial charge in [0.15, 0.2) is 11.5 Å². The molecule has 0 bridgehead atoms. The van der Waals surface area contributed by atoms with Gasteiger partial charge in [-0.25, -0.2) is 4.79 Å². The first-order valence-electron chi connectivity index (χ1n) is 6.45. The largest absolute Gasteiger partial charge is 0.449 e. The molecule has 0 spiro atoms. The van der Waals surface area contributed by atoms with E-state index in [-0.39, 0.29) is 22.6 Å². The molecule has 0 radical (unpaired) electrons. The molecule has 22 heavy (non-hydrogen) atoms. The lowest BCUT2D eigenvalue weighted by Gasteiger charge is -2.16. The molecule has 0 aliphatic rings. The number of rotatable bonds is 3. The molecule has 0 saturated carbocycles. The minimum absolute atomic E-state index is 0.218. The second-order valence-corrected chi connectivity index (χ2v) is 5.33. The van der Waals surface area contributed by atoms with Crippen LogP contribution < -0.4 is 5.43 Å². The fourth-order valence-electron chi connectivity index (χ4n) is 1.86. The predicted molar refractivity (Wildman–Crippen MR) is 81.1 cm³/mol. The predicted octanol–water partition coefficient (Wildman–Crippen LogP) is 2.08. The van der Waals surface area contributed by atoms with E-state index in [1.165, 1.54) is 24.0 Å². The minimum Gasteiger partial charge on any atom is -0.449 e. The summed E-state index contributed by atoms with van der Waals surface area (Å²) in [4.78, 5) is 36.9. The van der Waals surface area contributed by atoms with E-state index in [0.29, 0.717) is 5.02 Å². The van der Waals surface area contributed by atoms with Gasteiger partial charge in [-0.05, 0) is 25.1 Å². The van der Waals surface area contributed by atoms with E-state index < -0.39 is 17.5 Å². The molecule has 1 heterocycles. The maximum absolute atomic E-state index is 12.0. The van der Waals surface area contributed by atoms with E-state index in [2.05, 4.69) is 0 Å². The molecule has 0 saturated heterocycles. The first kappa shape index (κ1) is 16.0. The molecular weight excluding hydrogens is 310 g/mol. The number of esters is 1. The Kier molecular flexibility index (Phi) is 4.51. The normalized spacial score (nSPS) is 12.0. The van der Waals surface area contributed by atoms with Crippen molar-refractivity contribution in [2.75, 3.05) is 14.1 Å². The Morgan fingerprint density at radius 3 is 2.59 bits per heavy atom. The smallest absolute Gasteiger partial charge is 0.375 e. The van der Waals surface area contributed by atoms with Gasteiger partial charge in [-0.3, -0.25) is 9.59 Å². The molecule has 2 aromatic rings. The number of hydrogen-bond acceptors (Lipinski definition) is 5. The number of hydrogen-bond donors (Lipinski definition) is 0. The summed E-state index contributed by atoms with van der Waals surface area (Å²) in [5.74, 6) is -1.52. The highest BCUT2D eigenvalue weighted by atomic mass is 35.5. The van der Waals surface area contributed by atoms with E-state index in [4.69, 9.17) is 20.8 Å². The molecule has 0 aliphatic heterocycles. The van der Waals surface area contributed by atoms with Crippen molar-refractivity contribution in [3.63, 3.8) is 0 Å². The Labute approximate surface area is 131 Å². The summed E-state index contributed by atoms with van der Waals surface area (Å²) in [6.45, 7) is 1.44. The average molecular weight is 324 g/mol. The minimum atomic E-state index is -0.978. The summed E-state index contributed by atoms with van der Waals surface area (Å²) in [5, 5.41) is 0.654. The van der Waals surface area contributed by atoms with Crippen molar-refractivity contribution in [2.24, 2.45) is 0 Å². The number of likely N-dealkylation sites (N-methyl/N-ethyl adjacent to an activating group) is 1. The van der Waals surface area contributed by atoms with Crippen LogP contribution in [0.5, 0.6) is 0 Å². The number of amides is 1. The summed E-state index contributed by atoms with van der Waals surface area (Å²) < 4.78 is 10.3. The monoisotopic (exact) mass is 323 g/mol. The fraction of sp³-hybridized carbons (Fsp3) is 0.267. The molecule has 0 N–H and O–H groups in total. The van der Waals surface area contributed by atoms with Crippen molar-refractivity contribution in [1.29, 1.82) is 0 Å². The zero-order chi connectivity index (χ0) is 16.4. The summed E-state index contributed by atoms with van der Waals surface area (Å²) in [6.07, 6.45) is -0.978. The second-order valence-electron chi connectivity index (χ2n) is 4.90. The molecule has 116 valence electrons. The summed E-state index contributed by atoms with van der Waals surface area (Å²) in [5.41, 5.74) is -0.197. The summed E-state index contributed by atoms with van der Waals surface area (Å²) in [7, 11) is 3.10. The van der Waals surface area contributed by atoms with Gasteiger partial charge in [0.25, 0.3) is 5.91 Å². The zero-order valence-electron chi connectivity index (χ0n) is 12.3. The van der Waals surface area contributed by atoms with E-state index in [1.807, 2.05) is 0 Å². The van der Waals surface area contributed by atoms with Crippen LogP contribution in [0.2, 0.25) is 5.02 Å². The molecule has 1 aromatic carbocycles. The van der Waals surface area contributed by atoms with Crippen LogP contribution in [0, 0.1) is 0 Å². The zero-order valence-corrected chi connectivity index (χ0v) is 13.0. The van der Waals surface area contributed by atoms with Crippen molar-refractivity contribution in [3.05, 3.63) is 45.3 Å². The van der Waals surface area contributed by atoms with Crippen molar-refractivity contribution < 1.29 is 18.7 Å². The van der Waals surface area contributed by atoms with E-state index >= 15 is 0 Å². The SMILES string of the molecule is C[C@@H](OC(=O)c1cc(=O)c2cc(Cl)ccc2o1)C(=O)N(C)C. The Balaban J connectivity index is 2.31. The Hall–Kier alpha value is -2.34. The molecule has 0 fully saturated rings. The van der Waals surface area contributed by atoms with Crippen LogP contribution in [0.3, 0.4) is 0 Å². The maximum atomic E-state index is 12.0. The van der Waals surface area contributed by atoms with Crippen LogP contribution in [0.15, 0.2) is 33.5 Å². The first-order chi connectivity index (χ1) is 10.3. The van der Waals surface area contributed by atoms with E-state index in [9.17, 15) is 14.4 Å². The molecular formula is C15H14ClNO5. The van der Waals surface area contributed by atoms with Gasteiger partial charge in [0.1, 0.15) is 5.58 Å². The number of benzene rings is 1. The van der Waals surface area contributed by atoms with Gasteiger partial charge in [-0.2, -0.15) is 0 Å². The van der Waals surface area contributed by atoms with Crippen LogP contribution in [-0.2, 0) is 9.53 Å². The Morgan fingerprint density at radius 1 is 1.27 bits per heavy atom. The Morgan fingerprint density at radius 2 is 1.95 bits per heavy atom. The molecule has 2 rings (SSSR count). The van der Waals surface area contributed by atoms with Gasteiger partial charge in [0.05, 0.1) is 5.39 Å².